The predicted molar refractivity (Wildman–Crippen MR) is 125 cm³/mol. The van der Waals surface area contributed by atoms with Crippen LogP contribution in [0.15, 0.2) is 46.8 Å². The molecule has 0 radical (unpaired) electrons. The Morgan fingerprint density at radius 3 is 2.69 bits per heavy atom. The van der Waals surface area contributed by atoms with E-state index >= 15 is 0 Å². The number of ether oxygens (including phenoxy) is 1. The molecule has 29 heavy (non-hydrogen) atoms. The summed E-state index contributed by atoms with van der Waals surface area (Å²) in [6.07, 6.45) is 2.25. The van der Waals surface area contributed by atoms with Gasteiger partial charge in [0, 0.05) is 31.1 Å². The molecule has 5 nitrogen and oxygen atoms in total. The highest BCUT2D eigenvalue weighted by Gasteiger charge is 2.23. The van der Waals surface area contributed by atoms with Crippen LogP contribution in [0.4, 0.5) is 5.00 Å². The van der Waals surface area contributed by atoms with Crippen molar-refractivity contribution in [3.8, 4) is 5.75 Å². The fraction of sp³-hybridized carbons (Fsp3) is 0.522. The van der Waals surface area contributed by atoms with Gasteiger partial charge in [-0.2, -0.15) is 0 Å². The molecular weight excluding hydrogens is 380 g/mol. The van der Waals surface area contributed by atoms with E-state index in [0.717, 1.165) is 44.2 Å². The van der Waals surface area contributed by atoms with Gasteiger partial charge in [-0.15, -0.1) is 11.3 Å². The first-order valence-electron chi connectivity index (χ1n) is 10.5. The number of anilines is 1. The maximum absolute atomic E-state index is 5.39. The van der Waals surface area contributed by atoms with Gasteiger partial charge in [-0.3, -0.25) is 4.99 Å². The maximum Gasteiger partial charge on any atom is 0.191 e. The Kier molecular flexibility index (Phi) is 7.42. The molecule has 0 unspecified atom stereocenters. The number of hydrogen-bond donors (Lipinski definition) is 2. The molecule has 6 heteroatoms. The van der Waals surface area contributed by atoms with Gasteiger partial charge >= 0.3 is 0 Å². The SMILES string of the molecule is CCNC(=NCC(C)(C)c1cccc(OC)c1)NC1CCN(c2cccs2)CC1. The van der Waals surface area contributed by atoms with Crippen LogP contribution in [0, 0.1) is 0 Å². The van der Waals surface area contributed by atoms with Gasteiger partial charge in [0.1, 0.15) is 5.75 Å². The molecule has 0 bridgehead atoms. The van der Waals surface area contributed by atoms with Crippen molar-refractivity contribution < 1.29 is 4.74 Å². The Morgan fingerprint density at radius 2 is 2.03 bits per heavy atom. The van der Waals surface area contributed by atoms with Crippen molar-refractivity contribution in [2.75, 3.05) is 38.2 Å². The van der Waals surface area contributed by atoms with Crippen molar-refractivity contribution in [1.29, 1.82) is 0 Å². The molecule has 1 aromatic carbocycles. The van der Waals surface area contributed by atoms with Crippen LogP contribution < -0.4 is 20.3 Å². The third-order valence-corrected chi connectivity index (χ3v) is 6.41. The normalized spacial score (nSPS) is 16.0. The van der Waals surface area contributed by atoms with Crippen LogP contribution in [0.1, 0.15) is 39.2 Å². The second-order valence-electron chi connectivity index (χ2n) is 8.17. The van der Waals surface area contributed by atoms with E-state index in [9.17, 15) is 0 Å². The third-order valence-electron chi connectivity index (χ3n) is 5.48. The summed E-state index contributed by atoms with van der Waals surface area (Å²) in [5.41, 5.74) is 1.17. The lowest BCUT2D eigenvalue weighted by Gasteiger charge is -2.34. The highest BCUT2D eigenvalue weighted by molar-refractivity contribution is 7.14. The highest BCUT2D eigenvalue weighted by atomic mass is 32.1. The van der Waals surface area contributed by atoms with Crippen LogP contribution in [0.3, 0.4) is 0 Å². The number of thiophene rings is 1. The van der Waals surface area contributed by atoms with E-state index in [1.165, 1.54) is 10.6 Å². The molecule has 1 aliphatic heterocycles. The van der Waals surface area contributed by atoms with Crippen LogP contribution in [0.2, 0.25) is 0 Å². The van der Waals surface area contributed by atoms with Crippen molar-refractivity contribution in [3.05, 3.63) is 47.3 Å². The predicted octanol–water partition coefficient (Wildman–Crippen LogP) is 4.26. The number of hydrogen-bond acceptors (Lipinski definition) is 4. The molecule has 0 atom stereocenters. The summed E-state index contributed by atoms with van der Waals surface area (Å²) in [5, 5.41) is 10.6. The third kappa shape index (κ3) is 5.89. The van der Waals surface area contributed by atoms with Crippen LogP contribution in [-0.4, -0.2) is 45.3 Å². The van der Waals surface area contributed by atoms with E-state index in [0.29, 0.717) is 12.6 Å². The van der Waals surface area contributed by atoms with E-state index in [1.807, 2.05) is 23.5 Å². The fourth-order valence-corrected chi connectivity index (χ4v) is 4.40. The first kappa shape index (κ1) is 21.5. The molecule has 0 aliphatic carbocycles. The molecule has 0 amide bonds. The van der Waals surface area contributed by atoms with Crippen LogP contribution in [-0.2, 0) is 5.41 Å². The lowest BCUT2D eigenvalue weighted by molar-refractivity contribution is 0.412. The Balaban J connectivity index is 1.59. The molecule has 1 saturated heterocycles. The summed E-state index contributed by atoms with van der Waals surface area (Å²) >= 11 is 1.82. The van der Waals surface area contributed by atoms with Crippen LogP contribution in [0.5, 0.6) is 5.75 Å². The van der Waals surface area contributed by atoms with Crippen molar-refractivity contribution in [1.82, 2.24) is 10.6 Å². The van der Waals surface area contributed by atoms with E-state index in [2.05, 4.69) is 66.0 Å². The molecule has 0 saturated carbocycles. The Morgan fingerprint density at radius 1 is 1.24 bits per heavy atom. The number of piperidine rings is 1. The summed E-state index contributed by atoms with van der Waals surface area (Å²) in [5.74, 6) is 1.81. The molecule has 2 aromatic rings. The molecule has 1 aromatic heterocycles. The lowest BCUT2D eigenvalue weighted by atomic mass is 9.84. The zero-order chi connectivity index (χ0) is 20.7. The first-order valence-corrected chi connectivity index (χ1v) is 11.4. The molecule has 3 rings (SSSR count). The van der Waals surface area contributed by atoms with Crippen molar-refractivity contribution in [2.45, 2.75) is 45.1 Å². The minimum atomic E-state index is -0.0700. The lowest BCUT2D eigenvalue weighted by Crippen LogP contribution is -2.49. The number of nitrogens with zero attached hydrogens (tertiary/aromatic N) is 2. The van der Waals surface area contributed by atoms with Gasteiger partial charge in [0.15, 0.2) is 5.96 Å². The van der Waals surface area contributed by atoms with Crippen molar-refractivity contribution in [2.24, 2.45) is 4.99 Å². The standard InChI is InChI=1S/C23H34N4OS/c1-5-24-22(25-17-23(2,3)18-8-6-9-20(16-18)28-4)26-19-11-13-27(14-12-19)21-10-7-15-29-21/h6-10,15-16,19H,5,11-14,17H2,1-4H3,(H2,24,25,26). The Bertz CT molecular complexity index is 780. The van der Waals surface area contributed by atoms with Gasteiger partial charge in [0.25, 0.3) is 0 Å². The van der Waals surface area contributed by atoms with Crippen LogP contribution in [0.25, 0.3) is 0 Å². The second kappa shape index (κ2) is 10.0. The van der Waals surface area contributed by atoms with Gasteiger partial charge in [0.05, 0.1) is 18.7 Å². The monoisotopic (exact) mass is 414 g/mol. The summed E-state index contributed by atoms with van der Waals surface area (Å²) in [6, 6.07) is 13.1. The van der Waals surface area contributed by atoms with E-state index in [-0.39, 0.29) is 5.41 Å². The summed E-state index contributed by atoms with van der Waals surface area (Å²) in [7, 11) is 1.71. The molecule has 2 heterocycles. The number of guanidine groups is 1. The molecule has 158 valence electrons. The summed E-state index contributed by atoms with van der Waals surface area (Å²) in [6.45, 7) is 10.3. The topological polar surface area (TPSA) is 48.9 Å². The maximum atomic E-state index is 5.39. The minimum absolute atomic E-state index is 0.0700. The summed E-state index contributed by atoms with van der Waals surface area (Å²) in [4.78, 5) is 7.41. The molecule has 2 N–H and O–H groups in total. The van der Waals surface area contributed by atoms with E-state index in [1.54, 1.807) is 7.11 Å². The minimum Gasteiger partial charge on any atom is -0.497 e. The van der Waals surface area contributed by atoms with Gasteiger partial charge < -0.3 is 20.3 Å². The Labute approximate surface area is 179 Å². The van der Waals surface area contributed by atoms with Crippen LogP contribution >= 0.6 is 11.3 Å². The smallest absolute Gasteiger partial charge is 0.191 e. The van der Waals surface area contributed by atoms with E-state index in [4.69, 9.17) is 9.73 Å². The second-order valence-corrected chi connectivity index (χ2v) is 9.09. The molecular formula is C23H34N4OS. The number of nitrogens with one attached hydrogen (secondary N) is 2. The molecule has 0 spiro atoms. The van der Waals surface area contributed by atoms with E-state index < -0.39 is 0 Å². The van der Waals surface area contributed by atoms with Gasteiger partial charge in [-0.25, -0.2) is 0 Å². The van der Waals surface area contributed by atoms with Crippen molar-refractivity contribution >= 4 is 22.3 Å². The van der Waals surface area contributed by atoms with Gasteiger partial charge in [-0.1, -0.05) is 26.0 Å². The Hall–Kier alpha value is -2.21. The highest BCUT2D eigenvalue weighted by Crippen LogP contribution is 2.27. The quantitative estimate of drug-likeness (QED) is 0.525. The number of rotatable bonds is 7. The number of aliphatic imine (C=N–C) groups is 1. The average Bonchev–Trinajstić information content (AvgIpc) is 3.28. The zero-order valence-corrected chi connectivity index (χ0v) is 18.9. The summed E-state index contributed by atoms with van der Waals surface area (Å²) < 4.78 is 5.39. The molecule has 1 fully saturated rings. The molecule has 1 aliphatic rings. The largest absolute Gasteiger partial charge is 0.497 e. The van der Waals surface area contributed by atoms with Gasteiger partial charge in [0.2, 0.25) is 0 Å². The van der Waals surface area contributed by atoms with Crippen molar-refractivity contribution in [3.63, 3.8) is 0 Å². The van der Waals surface area contributed by atoms with Gasteiger partial charge in [-0.05, 0) is 55.0 Å². The zero-order valence-electron chi connectivity index (χ0n) is 18.1. The number of methoxy groups -OCH3 is 1. The first-order chi connectivity index (χ1) is 14.0. The average molecular weight is 415 g/mol. The fourth-order valence-electron chi connectivity index (χ4n) is 3.62. The number of benzene rings is 1.